The van der Waals surface area contributed by atoms with Crippen LogP contribution in [0.25, 0.3) is 0 Å². The molecule has 0 radical (unpaired) electrons. The van der Waals surface area contributed by atoms with Crippen LogP contribution in [-0.4, -0.2) is 26.6 Å². The Hall–Kier alpha value is -0.590. The normalized spacial score (nSPS) is 39.7. The number of imide groups is 1. The molecule has 2 saturated carbocycles. The third-order valence-corrected chi connectivity index (χ3v) is 8.61. The number of alkyl halides is 2. The molecule has 1 heterocycles. The molecule has 4 nitrogen and oxygen atoms in total. The standard InChI is InChI=1S/C15H12Br2ClNO3/c16-12-6-4-7(13(12)17)11-10(6)14(21)19(15(11)22)8-3-5(18)1-2-9(8)20/h1-3,6-7,10-13,20H,4H2/t6-,7-,10-,11+,12-,13+/m1/s1. The summed E-state index contributed by atoms with van der Waals surface area (Å²) in [5.74, 6) is -0.829. The molecular weight excluding hydrogens is 437 g/mol. The van der Waals surface area contributed by atoms with E-state index < -0.39 is 0 Å². The highest BCUT2D eigenvalue weighted by Gasteiger charge is 2.66. The van der Waals surface area contributed by atoms with Crippen molar-refractivity contribution in [2.45, 2.75) is 16.1 Å². The highest BCUT2D eigenvalue weighted by molar-refractivity contribution is 9.12. The number of anilines is 1. The maximum atomic E-state index is 12.8. The summed E-state index contributed by atoms with van der Waals surface area (Å²) in [6, 6.07) is 4.40. The number of carbonyl (C=O) groups is 2. The minimum atomic E-state index is -0.297. The molecule has 2 amide bonds. The van der Waals surface area contributed by atoms with Gasteiger partial charge >= 0.3 is 0 Å². The monoisotopic (exact) mass is 447 g/mol. The lowest BCUT2D eigenvalue weighted by atomic mass is 9.81. The smallest absolute Gasteiger partial charge is 0.238 e. The largest absolute Gasteiger partial charge is 0.506 e. The fourth-order valence-corrected chi connectivity index (χ4v) is 6.30. The van der Waals surface area contributed by atoms with Gasteiger partial charge in [0.2, 0.25) is 11.8 Å². The number of hydrogen-bond donors (Lipinski definition) is 1. The molecule has 3 fully saturated rings. The Morgan fingerprint density at radius 1 is 1.09 bits per heavy atom. The fourth-order valence-electron chi connectivity index (χ4n) is 4.26. The predicted molar refractivity (Wildman–Crippen MR) is 89.6 cm³/mol. The zero-order valence-electron chi connectivity index (χ0n) is 11.2. The van der Waals surface area contributed by atoms with Gasteiger partial charge in [0.15, 0.2) is 0 Å². The highest BCUT2D eigenvalue weighted by atomic mass is 79.9. The van der Waals surface area contributed by atoms with Crippen molar-refractivity contribution in [3.05, 3.63) is 23.2 Å². The van der Waals surface area contributed by atoms with E-state index in [1.165, 1.54) is 18.2 Å². The molecule has 2 aliphatic carbocycles. The van der Waals surface area contributed by atoms with Crippen molar-refractivity contribution < 1.29 is 14.7 Å². The zero-order chi connectivity index (χ0) is 15.8. The number of rotatable bonds is 1. The van der Waals surface area contributed by atoms with Gasteiger partial charge in [-0.2, -0.15) is 0 Å². The van der Waals surface area contributed by atoms with Crippen LogP contribution in [0.4, 0.5) is 5.69 Å². The summed E-state index contributed by atoms with van der Waals surface area (Å²) in [7, 11) is 0. The Kier molecular flexibility index (Phi) is 3.37. The number of aromatic hydroxyl groups is 1. The molecule has 1 saturated heterocycles. The van der Waals surface area contributed by atoms with Gasteiger partial charge in [0.25, 0.3) is 0 Å². The molecule has 0 spiro atoms. The van der Waals surface area contributed by atoms with E-state index in [-0.39, 0.29) is 56.6 Å². The number of amides is 2. The molecule has 4 rings (SSSR count). The number of carbonyl (C=O) groups excluding carboxylic acids is 2. The predicted octanol–water partition coefficient (Wildman–Crippen LogP) is 3.33. The molecule has 1 N–H and O–H groups in total. The number of halogens is 3. The molecular formula is C15H12Br2ClNO3. The van der Waals surface area contributed by atoms with E-state index in [2.05, 4.69) is 31.9 Å². The first-order valence-corrected chi connectivity index (χ1v) is 9.27. The van der Waals surface area contributed by atoms with Crippen LogP contribution in [0.5, 0.6) is 5.75 Å². The number of phenols is 1. The van der Waals surface area contributed by atoms with Gasteiger partial charge in [0.1, 0.15) is 5.75 Å². The molecule has 7 heteroatoms. The Morgan fingerprint density at radius 3 is 2.18 bits per heavy atom. The molecule has 116 valence electrons. The van der Waals surface area contributed by atoms with E-state index in [9.17, 15) is 14.7 Å². The van der Waals surface area contributed by atoms with E-state index in [4.69, 9.17) is 11.6 Å². The average molecular weight is 450 g/mol. The van der Waals surface area contributed by atoms with E-state index >= 15 is 0 Å². The SMILES string of the molecule is O=C1[C@@H]2[C@H]3C[C@@H]([C@H](Br)[C@@H]3Br)[C@@H]2C(=O)N1c1cc(Cl)ccc1O. The molecule has 2 bridgehead atoms. The summed E-state index contributed by atoms with van der Waals surface area (Å²) < 4.78 is 0. The molecule has 6 atom stereocenters. The maximum absolute atomic E-state index is 12.8. The average Bonchev–Trinajstić information content (AvgIpc) is 3.07. The Labute approximate surface area is 149 Å². The molecule has 0 aromatic heterocycles. The van der Waals surface area contributed by atoms with Crippen LogP contribution in [0.3, 0.4) is 0 Å². The maximum Gasteiger partial charge on any atom is 0.238 e. The van der Waals surface area contributed by atoms with Gasteiger partial charge in [-0.3, -0.25) is 9.59 Å². The highest BCUT2D eigenvalue weighted by Crippen LogP contribution is 2.60. The van der Waals surface area contributed by atoms with E-state index in [1.54, 1.807) is 0 Å². The summed E-state index contributed by atoms with van der Waals surface area (Å²) in [5.41, 5.74) is 0.188. The Bertz CT molecular complexity index is 665. The molecule has 22 heavy (non-hydrogen) atoms. The summed E-state index contributed by atoms with van der Waals surface area (Å²) in [4.78, 5) is 27.2. The van der Waals surface area contributed by atoms with Gasteiger partial charge in [-0.15, -0.1) is 0 Å². The van der Waals surface area contributed by atoms with Crippen LogP contribution in [0, 0.1) is 23.7 Å². The van der Waals surface area contributed by atoms with E-state index in [0.29, 0.717) is 5.02 Å². The van der Waals surface area contributed by atoms with Crippen molar-refractivity contribution >= 4 is 61.0 Å². The van der Waals surface area contributed by atoms with Gasteiger partial charge in [-0.1, -0.05) is 43.5 Å². The van der Waals surface area contributed by atoms with Gasteiger partial charge < -0.3 is 5.11 Å². The zero-order valence-corrected chi connectivity index (χ0v) is 15.2. The number of nitrogens with zero attached hydrogens (tertiary/aromatic N) is 1. The van der Waals surface area contributed by atoms with Crippen molar-refractivity contribution in [3.8, 4) is 5.75 Å². The van der Waals surface area contributed by atoms with Gasteiger partial charge in [-0.05, 0) is 36.5 Å². The summed E-state index contributed by atoms with van der Waals surface area (Å²) in [6.45, 7) is 0. The molecule has 0 unspecified atom stereocenters. The van der Waals surface area contributed by atoms with E-state index in [1.807, 2.05) is 0 Å². The van der Waals surface area contributed by atoms with E-state index in [0.717, 1.165) is 11.3 Å². The Morgan fingerprint density at radius 2 is 1.64 bits per heavy atom. The number of hydrogen-bond acceptors (Lipinski definition) is 3. The van der Waals surface area contributed by atoms with Crippen molar-refractivity contribution in [1.82, 2.24) is 0 Å². The van der Waals surface area contributed by atoms with Crippen molar-refractivity contribution in [2.75, 3.05) is 4.90 Å². The molecule has 1 aromatic carbocycles. The molecule has 3 aliphatic rings. The fraction of sp³-hybridized carbons (Fsp3) is 0.467. The Balaban J connectivity index is 1.77. The van der Waals surface area contributed by atoms with Crippen molar-refractivity contribution in [1.29, 1.82) is 0 Å². The second-order valence-electron chi connectivity index (χ2n) is 6.15. The first kappa shape index (κ1) is 15.0. The van der Waals surface area contributed by atoms with Gasteiger partial charge in [0, 0.05) is 14.7 Å². The van der Waals surface area contributed by atoms with Crippen LogP contribution in [0.2, 0.25) is 5.02 Å². The first-order valence-electron chi connectivity index (χ1n) is 7.06. The molecule has 1 aromatic rings. The minimum Gasteiger partial charge on any atom is -0.506 e. The minimum absolute atomic E-state index is 0.107. The second kappa shape index (κ2) is 4.95. The van der Waals surface area contributed by atoms with Crippen LogP contribution in [0.15, 0.2) is 18.2 Å². The lowest BCUT2D eigenvalue weighted by Crippen LogP contribution is -2.37. The van der Waals surface area contributed by atoms with Crippen molar-refractivity contribution in [2.24, 2.45) is 23.7 Å². The molecule has 1 aliphatic heterocycles. The lowest BCUT2D eigenvalue weighted by Gasteiger charge is -2.28. The topological polar surface area (TPSA) is 57.6 Å². The summed E-state index contributed by atoms with van der Waals surface area (Å²) in [6.07, 6.45) is 0.883. The second-order valence-corrected chi connectivity index (χ2v) is 8.70. The van der Waals surface area contributed by atoms with Crippen LogP contribution in [0.1, 0.15) is 6.42 Å². The van der Waals surface area contributed by atoms with Crippen LogP contribution in [-0.2, 0) is 9.59 Å². The van der Waals surface area contributed by atoms with Crippen LogP contribution >= 0.6 is 43.5 Å². The number of fused-ring (bicyclic) bond motifs is 5. The number of phenolic OH excluding ortho intramolecular Hbond substituents is 1. The third kappa shape index (κ3) is 1.80. The van der Waals surface area contributed by atoms with Crippen molar-refractivity contribution in [3.63, 3.8) is 0 Å². The first-order chi connectivity index (χ1) is 10.4. The van der Waals surface area contributed by atoms with Crippen LogP contribution < -0.4 is 4.90 Å². The quantitative estimate of drug-likeness (QED) is 0.529. The lowest BCUT2D eigenvalue weighted by molar-refractivity contribution is -0.123. The summed E-state index contributed by atoms with van der Waals surface area (Å²) >= 11 is 13.2. The van der Waals surface area contributed by atoms with Gasteiger partial charge in [-0.25, -0.2) is 4.90 Å². The summed E-state index contributed by atoms with van der Waals surface area (Å²) in [5, 5.41) is 10.4. The number of benzene rings is 1. The van der Waals surface area contributed by atoms with Gasteiger partial charge in [0.05, 0.1) is 17.5 Å². The third-order valence-electron chi connectivity index (χ3n) is 5.17.